The number of hydrogen-bond donors (Lipinski definition) is 3. The van der Waals surface area contributed by atoms with E-state index in [1.54, 1.807) is 0 Å². The standard InChI is InChI=1S/C19H19ClN4.C4H4N2O/c1-21-17-7-6-13(11-22-17)18-23-12-16(24-18)19(8-3-9-19)14-4-2-5-15(20)10-14;7-2-4-1-5-3-6-4/h2,4-7,10-12H,3,8-9H2,1H3,(H,21,22)(H,23,24);1-3H,(H,5,6). The summed E-state index contributed by atoms with van der Waals surface area (Å²) >= 11 is 6.21. The van der Waals surface area contributed by atoms with Gasteiger partial charge in [-0.05, 0) is 42.7 Å². The van der Waals surface area contributed by atoms with Crippen LogP contribution in [0.3, 0.4) is 0 Å². The van der Waals surface area contributed by atoms with Gasteiger partial charge in [0, 0.05) is 41.1 Å². The lowest BCUT2D eigenvalue weighted by Crippen LogP contribution is -2.35. The molecule has 7 nitrogen and oxygen atoms in total. The molecule has 3 N–H and O–H groups in total. The molecule has 1 aliphatic rings. The van der Waals surface area contributed by atoms with Gasteiger partial charge < -0.3 is 15.3 Å². The lowest BCUT2D eigenvalue weighted by atomic mass is 9.63. The topological polar surface area (TPSA) is 99.3 Å². The van der Waals surface area contributed by atoms with Crippen molar-refractivity contribution >= 4 is 23.7 Å². The van der Waals surface area contributed by atoms with Gasteiger partial charge in [0.1, 0.15) is 11.6 Å². The van der Waals surface area contributed by atoms with Gasteiger partial charge in [-0.3, -0.25) is 4.79 Å². The Bertz CT molecular complexity index is 1130. The predicted octanol–water partition coefficient (Wildman–Crippen LogP) is 4.86. The summed E-state index contributed by atoms with van der Waals surface area (Å²) in [7, 11) is 1.86. The molecule has 1 saturated carbocycles. The molecule has 5 rings (SSSR count). The molecule has 0 amide bonds. The first kappa shape index (κ1) is 20.8. The fourth-order valence-electron chi connectivity index (χ4n) is 3.75. The van der Waals surface area contributed by atoms with E-state index in [-0.39, 0.29) is 5.41 Å². The normalized spacial score (nSPS) is 14.1. The summed E-state index contributed by atoms with van der Waals surface area (Å²) in [4.78, 5) is 28.5. The highest BCUT2D eigenvalue weighted by Gasteiger charge is 2.42. The van der Waals surface area contributed by atoms with Crippen LogP contribution in [0.25, 0.3) is 11.4 Å². The lowest BCUT2D eigenvalue weighted by molar-refractivity contribution is 0.111. The van der Waals surface area contributed by atoms with E-state index in [4.69, 9.17) is 11.6 Å². The molecule has 31 heavy (non-hydrogen) atoms. The van der Waals surface area contributed by atoms with Gasteiger partial charge in [-0.15, -0.1) is 0 Å². The Kier molecular flexibility index (Phi) is 6.13. The van der Waals surface area contributed by atoms with E-state index >= 15 is 0 Å². The third-order valence-corrected chi connectivity index (χ3v) is 5.85. The van der Waals surface area contributed by atoms with Crippen LogP contribution in [0.4, 0.5) is 5.82 Å². The number of anilines is 1. The number of aromatic nitrogens is 5. The summed E-state index contributed by atoms with van der Waals surface area (Å²) in [5.41, 5.74) is 3.93. The number of pyridine rings is 1. The van der Waals surface area contributed by atoms with E-state index in [0.717, 1.165) is 40.8 Å². The van der Waals surface area contributed by atoms with Crippen molar-refractivity contribution in [2.24, 2.45) is 0 Å². The number of hydrogen-bond acceptors (Lipinski definition) is 5. The van der Waals surface area contributed by atoms with Crippen LogP contribution in [-0.4, -0.2) is 38.3 Å². The van der Waals surface area contributed by atoms with Gasteiger partial charge in [-0.1, -0.05) is 30.2 Å². The molecule has 0 unspecified atom stereocenters. The van der Waals surface area contributed by atoms with Crippen LogP contribution in [-0.2, 0) is 5.41 Å². The number of imidazole rings is 2. The lowest BCUT2D eigenvalue weighted by Gasteiger charge is -2.41. The number of benzene rings is 1. The highest BCUT2D eigenvalue weighted by molar-refractivity contribution is 6.30. The average Bonchev–Trinajstić information content (AvgIpc) is 3.46. The fraction of sp³-hybridized carbons (Fsp3) is 0.217. The molecule has 4 aromatic rings. The molecule has 1 aromatic carbocycles. The van der Waals surface area contributed by atoms with Crippen molar-refractivity contribution in [1.29, 1.82) is 0 Å². The number of aromatic amines is 2. The van der Waals surface area contributed by atoms with Crippen molar-refractivity contribution in [1.82, 2.24) is 24.9 Å². The third-order valence-electron chi connectivity index (χ3n) is 5.62. The Morgan fingerprint density at radius 2 is 2.00 bits per heavy atom. The molecule has 0 atom stereocenters. The molecule has 1 fully saturated rings. The van der Waals surface area contributed by atoms with Crippen LogP contribution in [0, 0.1) is 0 Å². The van der Waals surface area contributed by atoms with E-state index in [9.17, 15) is 4.79 Å². The molecule has 0 aliphatic heterocycles. The first-order chi connectivity index (χ1) is 15.1. The maximum atomic E-state index is 9.80. The maximum absolute atomic E-state index is 9.80. The molecule has 0 radical (unpaired) electrons. The molecule has 0 bridgehead atoms. The van der Waals surface area contributed by atoms with Gasteiger partial charge in [0.05, 0.1) is 18.2 Å². The van der Waals surface area contributed by atoms with E-state index in [2.05, 4.69) is 42.4 Å². The van der Waals surface area contributed by atoms with Crippen molar-refractivity contribution in [3.05, 3.63) is 83.3 Å². The zero-order valence-electron chi connectivity index (χ0n) is 17.1. The summed E-state index contributed by atoms with van der Waals surface area (Å²) < 4.78 is 0. The molecule has 158 valence electrons. The average molecular weight is 435 g/mol. The number of nitrogens with zero attached hydrogens (tertiary/aromatic N) is 3. The van der Waals surface area contributed by atoms with E-state index < -0.39 is 0 Å². The quantitative estimate of drug-likeness (QED) is 0.389. The van der Waals surface area contributed by atoms with E-state index in [1.165, 1.54) is 24.5 Å². The zero-order chi connectivity index (χ0) is 21.7. The Morgan fingerprint density at radius 3 is 2.55 bits per heavy atom. The van der Waals surface area contributed by atoms with Crippen LogP contribution in [0.2, 0.25) is 5.02 Å². The van der Waals surface area contributed by atoms with Gasteiger partial charge in [0.2, 0.25) is 0 Å². The first-order valence-electron chi connectivity index (χ1n) is 10.0. The predicted molar refractivity (Wildman–Crippen MR) is 121 cm³/mol. The summed E-state index contributed by atoms with van der Waals surface area (Å²) in [5, 5.41) is 3.81. The second-order valence-electron chi connectivity index (χ2n) is 7.40. The highest BCUT2D eigenvalue weighted by Crippen LogP contribution is 2.49. The fourth-order valence-corrected chi connectivity index (χ4v) is 3.94. The third kappa shape index (κ3) is 4.36. The largest absolute Gasteiger partial charge is 0.373 e. The van der Waals surface area contributed by atoms with Gasteiger partial charge in [-0.2, -0.15) is 0 Å². The van der Waals surface area contributed by atoms with Gasteiger partial charge >= 0.3 is 0 Å². The number of nitrogens with one attached hydrogen (secondary N) is 3. The number of aldehydes is 1. The molecule has 8 heteroatoms. The second kappa shape index (κ2) is 9.14. The van der Waals surface area contributed by atoms with Crippen molar-refractivity contribution in [2.75, 3.05) is 12.4 Å². The van der Waals surface area contributed by atoms with Gasteiger partial charge in [0.25, 0.3) is 0 Å². The van der Waals surface area contributed by atoms with Crippen molar-refractivity contribution in [3.8, 4) is 11.4 Å². The SMILES string of the molecule is CNc1ccc(-c2ncc(C3(c4cccc(Cl)c4)CCC3)[nH]2)cn1.O=Cc1cnc[nH]1. The Hall–Kier alpha value is -3.45. The van der Waals surface area contributed by atoms with Crippen molar-refractivity contribution < 1.29 is 4.79 Å². The van der Waals surface area contributed by atoms with Crippen molar-refractivity contribution in [2.45, 2.75) is 24.7 Å². The van der Waals surface area contributed by atoms with Crippen LogP contribution in [0.1, 0.15) is 41.0 Å². The summed E-state index contributed by atoms with van der Waals surface area (Å²) in [5.74, 6) is 1.70. The van der Waals surface area contributed by atoms with Crippen LogP contribution in [0.15, 0.2) is 61.3 Å². The molecule has 0 spiro atoms. The molecular weight excluding hydrogens is 412 g/mol. The summed E-state index contributed by atoms with van der Waals surface area (Å²) in [6.07, 6.45) is 10.9. The molecule has 3 heterocycles. The first-order valence-corrected chi connectivity index (χ1v) is 10.4. The van der Waals surface area contributed by atoms with Gasteiger partial charge in [0.15, 0.2) is 6.29 Å². The number of rotatable bonds is 5. The Morgan fingerprint density at radius 1 is 1.13 bits per heavy atom. The Labute approximate surface area is 185 Å². The van der Waals surface area contributed by atoms with Crippen LogP contribution in [0.5, 0.6) is 0 Å². The van der Waals surface area contributed by atoms with E-state index in [0.29, 0.717) is 12.0 Å². The minimum absolute atomic E-state index is 0.00843. The van der Waals surface area contributed by atoms with Crippen molar-refractivity contribution in [3.63, 3.8) is 0 Å². The summed E-state index contributed by atoms with van der Waals surface area (Å²) in [6, 6.07) is 12.2. The number of carbonyl (C=O) groups excluding carboxylic acids is 1. The van der Waals surface area contributed by atoms with E-state index in [1.807, 2.05) is 43.7 Å². The molecule has 0 saturated heterocycles. The summed E-state index contributed by atoms with van der Waals surface area (Å²) in [6.45, 7) is 0. The smallest absolute Gasteiger partial charge is 0.167 e. The van der Waals surface area contributed by atoms with Crippen LogP contribution < -0.4 is 5.32 Å². The number of halogens is 1. The monoisotopic (exact) mass is 434 g/mol. The maximum Gasteiger partial charge on any atom is 0.167 e. The second-order valence-corrected chi connectivity index (χ2v) is 7.83. The minimum atomic E-state index is 0.00843. The minimum Gasteiger partial charge on any atom is -0.373 e. The number of carbonyl (C=O) groups is 1. The molecular formula is C23H23ClN6O. The van der Waals surface area contributed by atoms with Gasteiger partial charge in [-0.25, -0.2) is 15.0 Å². The number of H-pyrrole nitrogens is 2. The Balaban J connectivity index is 0.000000282. The molecule has 3 aromatic heterocycles. The highest BCUT2D eigenvalue weighted by atomic mass is 35.5. The zero-order valence-corrected chi connectivity index (χ0v) is 17.9. The molecule has 1 aliphatic carbocycles. The van der Waals surface area contributed by atoms with Crippen LogP contribution >= 0.6 is 11.6 Å².